The molecule has 0 aliphatic rings. The fourth-order valence-electron chi connectivity index (χ4n) is 0. The number of rotatable bonds is 1. The van der Waals surface area contributed by atoms with Crippen molar-refractivity contribution >= 4 is 35.5 Å². The van der Waals surface area contributed by atoms with Gasteiger partial charge in [-0.3, -0.25) is 4.79 Å². The minimum absolute atomic E-state index is 0. The van der Waals surface area contributed by atoms with Gasteiger partial charge in [0.25, 0.3) is 0 Å². The molecule has 1 radical (unpaired) electrons. The SMILES string of the molecule is C[13CH2]C(=O)O.[Na]. The van der Waals surface area contributed by atoms with Crippen molar-refractivity contribution in [3.8, 4) is 0 Å². The van der Waals surface area contributed by atoms with Crippen LogP contribution in [-0.2, 0) is 4.79 Å². The van der Waals surface area contributed by atoms with Crippen molar-refractivity contribution in [3.63, 3.8) is 0 Å². The van der Waals surface area contributed by atoms with Crippen LogP contribution in [0.4, 0.5) is 0 Å². The second-order valence-electron chi connectivity index (χ2n) is 0.747. The van der Waals surface area contributed by atoms with E-state index in [-0.39, 0.29) is 36.0 Å². The van der Waals surface area contributed by atoms with Crippen molar-refractivity contribution in [2.45, 2.75) is 13.3 Å². The fraction of sp³-hybridized carbons (Fsp3) is 0.667. The van der Waals surface area contributed by atoms with Crippen LogP contribution in [0.1, 0.15) is 13.3 Å². The molecular formula is C3H6NaO2. The molecule has 31 valence electrons. The summed E-state index contributed by atoms with van der Waals surface area (Å²) in [6, 6.07) is 0. The molecule has 0 amide bonds. The number of hydrogen-bond acceptors (Lipinski definition) is 1. The maximum atomic E-state index is 9.37. The largest absolute Gasteiger partial charge is 0.481 e. The zero-order valence-electron chi connectivity index (χ0n) is 4.06. The van der Waals surface area contributed by atoms with E-state index >= 15 is 0 Å². The molecule has 0 spiro atoms. The van der Waals surface area contributed by atoms with E-state index in [2.05, 4.69) is 0 Å². The van der Waals surface area contributed by atoms with Crippen molar-refractivity contribution in [1.82, 2.24) is 0 Å². The van der Waals surface area contributed by atoms with Crippen LogP contribution in [0.3, 0.4) is 0 Å². The van der Waals surface area contributed by atoms with Gasteiger partial charge in [0.05, 0.1) is 0 Å². The molecule has 0 aromatic rings. The zero-order chi connectivity index (χ0) is 4.28. The maximum Gasteiger partial charge on any atom is 0.303 e. The third kappa shape index (κ3) is 8.82. The molecule has 0 heterocycles. The second kappa shape index (κ2) is 5.47. The number of carbonyl (C=O) groups is 1. The minimum Gasteiger partial charge on any atom is -0.481 e. The molecule has 0 rings (SSSR count). The smallest absolute Gasteiger partial charge is 0.303 e. The summed E-state index contributed by atoms with van der Waals surface area (Å²) in [4.78, 5) is 9.37. The Morgan fingerprint density at radius 3 is 2.00 bits per heavy atom. The molecule has 0 unspecified atom stereocenters. The third-order valence-corrected chi connectivity index (χ3v) is 0.302. The van der Waals surface area contributed by atoms with Crippen LogP contribution in [0.15, 0.2) is 0 Å². The Hall–Kier alpha value is 0.470. The Kier molecular flexibility index (Phi) is 8.83. The van der Waals surface area contributed by atoms with Crippen LogP contribution in [0.2, 0.25) is 0 Å². The van der Waals surface area contributed by atoms with Crippen molar-refractivity contribution < 1.29 is 9.90 Å². The Bertz CT molecular complexity index is 44.1. The van der Waals surface area contributed by atoms with E-state index in [0.29, 0.717) is 0 Å². The summed E-state index contributed by atoms with van der Waals surface area (Å²) in [6.07, 6.45) is 0.222. The third-order valence-electron chi connectivity index (χ3n) is 0.302. The monoisotopic (exact) mass is 98.0 g/mol. The quantitative estimate of drug-likeness (QED) is 0.373. The van der Waals surface area contributed by atoms with E-state index in [1.54, 1.807) is 6.92 Å². The summed E-state index contributed by atoms with van der Waals surface area (Å²) >= 11 is 0. The Balaban J connectivity index is 0. The molecule has 0 fully saturated rings. The van der Waals surface area contributed by atoms with Crippen molar-refractivity contribution in [1.29, 1.82) is 0 Å². The Morgan fingerprint density at radius 1 is 1.83 bits per heavy atom. The van der Waals surface area contributed by atoms with Crippen LogP contribution < -0.4 is 0 Å². The molecule has 1 N–H and O–H groups in total. The molecule has 2 nitrogen and oxygen atoms in total. The normalized spacial score (nSPS) is 6.17. The summed E-state index contributed by atoms with van der Waals surface area (Å²) in [5.74, 6) is -0.745. The van der Waals surface area contributed by atoms with Gasteiger partial charge in [-0.2, -0.15) is 0 Å². The molecule has 0 aliphatic carbocycles. The van der Waals surface area contributed by atoms with E-state index in [1.165, 1.54) is 0 Å². The van der Waals surface area contributed by atoms with Gasteiger partial charge in [-0.15, -0.1) is 0 Å². The van der Waals surface area contributed by atoms with Crippen molar-refractivity contribution in [2.75, 3.05) is 0 Å². The topological polar surface area (TPSA) is 37.3 Å². The summed E-state index contributed by atoms with van der Waals surface area (Å²) in [5.41, 5.74) is 0. The molecule has 0 aromatic carbocycles. The molecule has 6 heavy (non-hydrogen) atoms. The Morgan fingerprint density at radius 2 is 2.00 bits per heavy atom. The molecule has 0 saturated carbocycles. The second-order valence-corrected chi connectivity index (χ2v) is 0.747. The summed E-state index contributed by atoms with van der Waals surface area (Å²) in [5, 5.41) is 7.72. The van der Waals surface area contributed by atoms with E-state index in [1.807, 2.05) is 0 Å². The average Bonchev–Trinajstić information content (AvgIpc) is 1.38. The number of aliphatic carboxylic acids is 1. The van der Waals surface area contributed by atoms with Gasteiger partial charge >= 0.3 is 5.97 Å². The van der Waals surface area contributed by atoms with Crippen LogP contribution in [-0.4, -0.2) is 40.6 Å². The molecule has 0 aliphatic heterocycles. The summed E-state index contributed by atoms with van der Waals surface area (Å²) in [6.45, 7) is 1.60. The zero-order valence-corrected chi connectivity index (χ0v) is 6.06. The summed E-state index contributed by atoms with van der Waals surface area (Å²) in [7, 11) is 0. The van der Waals surface area contributed by atoms with Gasteiger partial charge in [-0.05, 0) is 0 Å². The first kappa shape index (κ1) is 9.69. The first-order chi connectivity index (χ1) is 2.27. The van der Waals surface area contributed by atoms with E-state index < -0.39 is 5.97 Å². The van der Waals surface area contributed by atoms with Crippen LogP contribution >= 0.6 is 0 Å². The standard InChI is InChI=1S/C3H6O2.Na/c1-2-3(4)5;/h2H2,1H3,(H,4,5);/i2+1;. The first-order valence-corrected chi connectivity index (χ1v) is 1.49. The van der Waals surface area contributed by atoms with Gasteiger partial charge in [-0.25, -0.2) is 0 Å². The van der Waals surface area contributed by atoms with Gasteiger partial charge < -0.3 is 5.11 Å². The first-order valence-electron chi connectivity index (χ1n) is 1.49. The predicted octanol–water partition coefficient (Wildman–Crippen LogP) is 0.100. The fourth-order valence-corrected chi connectivity index (χ4v) is 0. The van der Waals surface area contributed by atoms with Gasteiger partial charge in [0.1, 0.15) is 0 Å². The van der Waals surface area contributed by atoms with Crippen LogP contribution in [0.25, 0.3) is 0 Å². The van der Waals surface area contributed by atoms with Gasteiger partial charge in [-0.1, -0.05) is 6.92 Å². The van der Waals surface area contributed by atoms with Gasteiger partial charge in [0.2, 0.25) is 0 Å². The summed E-state index contributed by atoms with van der Waals surface area (Å²) < 4.78 is 0. The van der Waals surface area contributed by atoms with Crippen LogP contribution in [0, 0.1) is 0 Å². The van der Waals surface area contributed by atoms with E-state index in [0.717, 1.165) is 0 Å². The maximum absolute atomic E-state index is 9.37. The van der Waals surface area contributed by atoms with Crippen LogP contribution in [0.5, 0.6) is 0 Å². The average molecular weight is 98.1 g/mol. The van der Waals surface area contributed by atoms with E-state index in [9.17, 15) is 4.79 Å². The predicted molar refractivity (Wildman–Crippen MR) is 23.7 cm³/mol. The number of carboxylic acids is 1. The number of carboxylic acid groups (broad SMARTS) is 1. The van der Waals surface area contributed by atoms with Crippen molar-refractivity contribution in [3.05, 3.63) is 0 Å². The molecular weight excluding hydrogens is 92.0 g/mol. The Labute approximate surface area is 58.8 Å². The van der Waals surface area contributed by atoms with Gasteiger partial charge in [0, 0.05) is 36.0 Å². The molecule has 0 aromatic heterocycles. The number of hydrogen-bond donors (Lipinski definition) is 1. The minimum atomic E-state index is -0.745. The molecule has 3 heteroatoms. The van der Waals surface area contributed by atoms with Crippen molar-refractivity contribution in [2.24, 2.45) is 0 Å². The molecule has 0 saturated heterocycles. The molecule has 0 bridgehead atoms. The van der Waals surface area contributed by atoms with E-state index in [4.69, 9.17) is 5.11 Å². The van der Waals surface area contributed by atoms with Gasteiger partial charge in [0.15, 0.2) is 0 Å². The molecule has 0 atom stereocenters.